The van der Waals surface area contributed by atoms with Gasteiger partial charge in [-0.2, -0.15) is 5.26 Å². The first-order valence-electron chi connectivity index (χ1n) is 6.60. The van der Waals surface area contributed by atoms with E-state index in [4.69, 9.17) is 10.4 Å². The summed E-state index contributed by atoms with van der Waals surface area (Å²) in [5.41, 5.74) is 1.19. The van der Waals surface area contributed by atoms with E-state index in [1.807, 2.05) is 6.07 Å². The molecule has 0 radical (unpaired) electrons. The van der Waals surface area contributed by atoms with Crippen LogP contribution in [0.3, 0.4) is 0 Å². The molecule has 1 aliphatic rings. The van der Waals surface area contributed by atoms with E-state index in [-0.39, 0.29) is 18.9 Å². The molecular formula is C15H16N2O3. The smallest absolute Gasteiger partial charge is 0.308 e. The summed E-state index contributed by atoms with van der Waals surface area (Å²) in [6.45, 7) is 0.818. The molecule has 1 saturated heterocycles. The number of carbonyl (C=O) groups excluding carboxylic acids is 1. The molecule has 1 unspecified atom stereocenters. The number of hydrogen-bond donors (Lipinski definition) is 1. The van der Waals surface area contributed by atoms with Gasteiger partial charge in [-0.05, 0) is 24.5 Å². The van der Waals surface area contributed by atoms with Gasteiger partial charge in [0.05, 0.1) is 18.4 Å². The minimum absolute atomic E-state index is 0.179. The summed E-state index contributed by atoms with van der Waals surface area (Å²) in [5, 5.41) is 17.9. The second-order valence-corrected chi connectivity index (χ2v) is 4.92. The van der Waals surface area contributed by atoms with E-state index in [0.29, 0.717) is 30.5 Å². The maximum absolute atomic E-state index is 12.5. The van der Waals surface area contributed by atoms with Gasteiger partial charge in [0.25, 0.3) is 5.91 Å². The topological polar surface area (TPSA) is 81.4 Å². The van der Waals surface area contributed by atoms with Crippen LogP contribution in [0.2, 0.25) is 0 Å². The molecule has 1 aromatic carbocycles. The first kappa shape index (κ1) is 14.1. The molecule has 1 N–H and O–H groups in total. The number of carbonyl (C=O) groups is 2. The van der Waals surface area contributed by atoms with Crippen molar-refractivity contribution in [1.29, 1.82) is 5.26 Å². The van der Waals surface area contributed by atoms with Crippen LogP contribution >= 0.6 is 0 Å². The van der Waals surface area contributed by atoms with Gasteiger partial charge in [-0.3, -0.25) is 9.59 Å². The number of carboxylic acids is 1. The van der Waals surface area contributed by atoms with Gasteiger partial charge in [0.2, 0.25) is 0 Å². The number of rotatable bonds is 3. The molecule has 0 bridgehead atoms. The van der Waals surface area contributed by atoms with E-state index in [9.17, 15) is 9.59 Å². The van der Waals surface area contributed by atoms with Crippen molar-refractivity contribution in [3.8, 4) is 6.07 Å². The quantitative estimate of drug-likeness (QED) is 0.907. The Morgan fingerprint density at radius 3 is 2.85 bits per heavy atom. The van der Waals surface area contributed by atoms with E-state index in [1.165, 1.54) is 0 Å². The van der Waals surface area contributed by atoms with Crippen molar-refractivity contribution >= 4 is 11.9 Å². The molecule has 0 aromatic heterocycles. The van der Waals surface area contributed by atoms with Crippen molar-refractivity contribution in [2.45, 2.75) is 19.3 Å². The van der Waals surface area contributed by atoms with Crippen molar-refractivity contribution in [2.24, 2.45) is 5.92 Å². The molecule has 0 spiro atoms. The van der Waals surface area contributed by atoms with Crippen LogP contribution in [0, 0.1) is 17.2 Å². The molecule has 5 nitrogen and oxygen atoms in total. The fourth-order valence-corrected chi connectivity index (χ4v) is 2.50. The minimum atomic E-state index is -0.854. The molecule has 1 aliphatic heterocycles. The fraction of sp³-hybridized carbons (Fsp3) is 0.400. The highest BCUT2D eigenvalue weighted by Crippen LogP contribution is 2.20. The molecule has 2 rings (SSSR count). The third-order valence-electron chi connectivity index (χ3n) is 3.58. The van der Waals surface area contributed by atoms with Gasteiger partial charge in [0.15, 0.2) is 0 Å². The SMILES string of the molecule is N#CCc1ccccc1C(=O)N1CCCC(C(=O)O)C1. The molecule has 1 aromatic rings. The van der Waals surface area contributed by atoms with Crippen LogP contribution in [0.4, 0.5) is 0 Å². The fourth-order valence-electron chi connectivity index (χ4n) is 2.50. The monoisotopic (exact) mass is 272 g/mol. The van der Waals surface area contributed by atoms with Gasteiger partial charge in [-0.25, -0.2) is 0 Å². The van der Waals surface area contributed by atoms with Crippen LogP contribution in [-0.2, 0) is 11.2 Å². The normalized spacial score (nSPS) is 18.4. The summed E-state index contributed by atoms with van der Waals surface area (Å²) >= 11 is 0. The van der Waals surface area contributed by atoms with Crippen LogP contribution in [0.25, 0.3) is 0 Å². The summed E-state index contributed by atoms with van der Waals surface area (Å²) in [7, 11) is 0. The Morgan fingerprint density at radius 1 is 1.40 bits per heavy atom. The minimum Gasteiger partial charge on any atom is -0.481 e. The number of aliphatic carboxylic acids is 1. The zero-order valence-electron chi connectivity index (χ0n) is 11.1. The predicted molar refractivity (Wildman–Crippen MR) is 72.0 cm³/mol. The summed E-state index contributed by atoms with van der Waals surface area (Å²) < 4.78 is 0. The maximum Gasteiger partial charge on any atom is 0.308 e. The van der Waals surface area contributed by atoms with Crippen molar-refractivity contribution in [3.05, 3.63) is 35.4 Å². The second kappa shape index (κ2) is 6.20. The van der Waals surface area contributed by atoms with Gasteiger partial charge in [0, 0.05) is 18.7 Å². The number of nitrogens with zero attached hydrogens (tertiary/aromatic N) is 2. The lowest BCUT2D eigenvalue weighted by molar-refractivity contribution is -0.143. The highest BCUT2D eigenvalue weighted by Gasteiger charge is 2.29. The van der Waals surface area contributed by atoms with E-state index < -0.39 is 11.9 Å². The van der Waals surface area contributed by atoms with Gasteiger partial charge in [-0.15, -0.1) is 0 Å². The number of carboxylic acid groups (broad SMARTS) is 1. The molecule has 1 heterocycles. The van der Waals surface area contributed by atoms with E-state index in [1.54, 1.807) is 29.2 Å². The molecule has 1 atom stereocenters. The van der Waals surface area contributed by atoms with E-state index >= 15 is 0 Å². The Hall–Kier alpha value is -2.35. The van der Waals surface area contributed by atoms with Crippen molar-refractivity contribution in [2.75, 3.05) is 13.1 Å². The summed E-state index contributed by atoms with van der Waals surface area (Å²) in [6.07, 6.45) is 1.49. The highest BCUT2D eigenvalue weighted by atomic mass is 16.4. The van der Waals surface area contributed by atoms with Crippen LogP contribution in [-0.4, -0.2) is 35.0 Å². The number of amides is 1. The van der Waals surface area contributed by atoms with Gasteiger partial charge < -0.3 is 10.0 Å². The number of benzene rings is 1. The van der Waals surface area contributed by atoms with Crippen molar-refractivity contribution in [3.63, 3.8) is 0 Å². The highest BCUT2D eigenvalue weighted by molar-refractivity contribution is 5.96. The first-order chi connectivity index (χ1) is 9.63. The Kier molecular flexibility index (Phi) is 4.36. The number of likely N-dealkylation sites (tertiary alicyclic amines) is 1. The molecule has 20 heavy (non-hydrogen) atoms. The zero-order valence-corrected chi connectivity index (χ0v) is 11.1. The third-order valence-corrected chi connectivity index (χ3v) is 3.58. The molecule has 1 amide bonds. The summed E-state index contributed by atoms with van der Waals surface area (Å²) in [4.78, 5) is 25.1. The molecule has 5 heteroatoms. The van der Waals surface area contributed by atoms with Gasteiger partial charge in [-0.1, -0.05) is 18.2 Å². The number of nitriles is 1. The van der Waals surface area contributed by atoms with Gasteiger partial charge >= 0.3 is 5.97 Å². The lowest BCUT2D eigenvalue weighted by atomic mass is 9.96. The Balaban J connectivity index is 2.19. The van der Waals surface area contributed by atoms with Crippen LogP contribution in [0.1, 0.15) is 28.8 Å². The van der Waals surface area contributed by atoms with Crippen molar-refractivity contribution < 1.29 is 14.7 Å². The molecule has 0 aliphatic carbocycles. The Morgan fingerprint density at radius 2 is 2.15 bits per heavy atom. The van der Waals surface area contributed by atoms with Crippen LogP contribution in [0.5, 0.6) is 0 Å². The van der Waals surface area contributed by atoms with Crippen molar-refractivity contribution in [1.82, 2.24) is 4.90 Å². The second-order valence-electron chi connectivity index (χ2n) is 4.92. The van der Waals surface area contributed by atoms with Crippen LogP contribution in [0.15, 0.2) is 24.3 Å². The number of piperidine rings is 1. The lowest BCUT2D eigenvalue weighted by Crippen LogP contribution is -2.42. The standard InChI is InChI=1S/C15H16N2O3/c16-8-7-11-4-1-2-6-13(11)14(18)17-9-3-5-12(10-17)15(19)20/h1-2,4,6,12H,3,5,7,9-10H2,(H,19,20). The predicted octanol–water partition coefficient (Wildman–Crippen LogP) is 1.69. The Labute approximate surface area is 117 Å². The molecule has 104 valence electrons. The number of hydrogen-bond acceptors (Lipinski definition) is 3. The lowest BCUT2D eigenvalue weighted by Gasteiger charge is -2.31. The molecular weight excluding hydrogens is 256 g/mol. The van der Waals surface area contributed by atoms with Crippen LogP contribution < -0.4 is 0 Å². The van der Waals surface area contributed by atoms with E-state index in [2.05, 4.69) is 0 Å². The molecule has 1 fully saturated rings. The Bertz CT molecular complexity index is 562. The first-order valence-corrected chi connectivity index (χ1v) is 6.60. The summed E-state index contributed by atoms with van der Waals surface area (Å²) in [5.74, 6) is -1.52. The van der Waals surface area contributed by atoms with E-state index in [0.717, 1.165) is 0 Å². The molecule has 0 saturated carbocycles. The average molecular weight is 272 g/mol. The largest absolute Gasteiger partial charge is 0.481 e. The van der Waals surface area contributed by atoms with Gasteiger partial charge in [0.1, 0.15) is 0 Å². The zero-order chi connectivity index (χ0) is 14.5. The maximum atomic E-state index is 12.5. The summed E-state index contributed by atoms with van der Waals surface area (Å²) in [6, 6.07) is 9.05. The third kappa shape index (κ3) is 2.97. The average Bonchev–Trinajstić information content (AvgIpc) is 2.47.